The second-order valence-electron chi connectivity index (χ2n) is 4.52. The fourth-order valence-corrected chi connectivity index (χ4v) is 1.99. The molecular weight excluding hydrogens is 256 g/mol. The molecule has 102 valence electrons. The van der Waals surface area contributed by atoms with Crippen LogP contribution >= 0.6 is 0 Å². The molecule has 3 rings (SSSR count). The van der Waals surface area contributed by atoms with Crippen LogP contribution in [0.1, 0.15) is 22.5 Å². The van der Waals surface area contributed by atoms with E-state index in [1.165, 1.54) is 6.20 Å². The van der Waals surface area contributed by atoms with Crippen LogP contribution in [0.4, 0.5) is 5.69 Å². The highest BCUT2D eigenvalue weighted by Gasteiger charge is 2.16. The SMILES string of the molecule is Nc1ccc(C(=O)c2ccc3c(c2)OCCCO3)nc1. The summed E-state index contributed by atoms with van der Waals surface area (Å²) in [5.41, 5.74) is 6.97. The summed E-state index contributed by atoms with van der Waals surface area (Å²) in [6.45, 7) is 1.21. The van der Waals surface area contributed by atoms with Gasteiger partial charge in [0.25, 0.3) is 0 Å². The van der Waals surface area contributed by atoms with Gasteiger partial charge >= 0.3 is 0 Å². The summed E-state index contributed by atoms with van der Waals surface area (Å²) in [6, 6.07) is 8.43. The number of anilines is 1. The van der Waals surface area contributed by atoms with Crippen molar-refractivity contribution in [3.05, 3.63) is 47.8 Å². The Bertz CT molecular complexity index is 638. The quantitative estimate of drug-likeness (QED) is 0.845. The molecule has 0 saturated heterocycles. The first-order valence-electron chi connectivity index (χ1n) is 6.40. The van der Waals surface area contributed by atoms with Crippen molar-refractivity contribution in [1.29, 1.82) is 0 Å². The van der Waals surface area contributed by atoms with Gasteiger partial charge in [0.15, 0.2) is 11.5 Å². The third-order valence-electron chi connectivity index (χ3n) is 3.03. The van der Waals surface area contributed by atoms with Gasteiger partial charge < -0.3 is 15.2 Å². The van der Waals surface area contributed by atoms with Crippen molar-refractivity contribution in [2.75, 3.05) is 18.9 Å². The van der Waals surface area contributed by atoms with Crippen LogP contribution in [0.2, 0.25) is 0 Å². The highest BCUT2D eigenvalue weighted by molar-refractivity contribution is 6.08. The second kappa shape index (κ2) is 5.21. The number of nitrogens with zero attached hydrogens (tertiary/aromatic N) is 1. The lowest BCUT2D eigenvalue weighted by Crippen LogP contribution is -2.05. The maximum absolute atomic E-state index is 12.3. The minimum atomic E-state index is -0.166. The normalized spacial score (nSPS) is 13.6. The van der Waals surface area contributed by atoms with E-state index in [1.807, 2.05) is 0 Å². The zero-order valence-electron chi connectivity index (χ0n) is 10.8. The van der Waals surface area contributed by atoms with Crippen LogP contribution in [0.25, 0.3) is 0 Å². The van der Waals surface area contributed by atoms with Gasteiger partial charge in [-0.3, -0.25) is 9.78 Å². The highest BCUT2D eigenvalue weighted by Crippen LogP contribution is 2.31. The zero-order valence-corrected chi connectivity index (χ0v) is 10.8. The molecule has 2 heterocycles. The van der Waals surface area contributed by atoms with E-state index in [1.54, 1.807) is 30.3 Å². The monoisotopic (exact) mass is 270 g/mol. The number of hydrogen-bond acceptors (Lipinski definition) is 5. The van der Waals surface area contributed by atoms with E-state index < -0.39 is 0 Å². The van der Waals surface area contributed by atoms with Gasteiger partial charge in [0.1, 0.15) is 5.69 Å². The number of aromatic nitrogens is 1. The molecular formula is C15H14N2O3. The number of carbonyl (C=O) groups excluding carboxylic acids is 1. The summed E-state index contributed by atoms with van der Waals surface area (Å²) >= 11 is 0. The van der Waals surface area contributed by atoms with Crippen LogP contribution in [0.3, 0.4) is 0 Å². The lowest BCUT2D eigenvalue weighted by atomic mass is 10.1. The third kappa shape index (κ3) is 2.42. The third-order valence-corrected chi connectivity index (χ3v) is 3.03. The van der Waals surface area contributed by atoms with E-state index in [2.05, 4.69) is 4.98 Å². The zero-order chi connectivity index (χ0) is 13.9. The van der Waals surface area contributed by atoms with E-state index in [0.29, 0.717) is 41.7 Å². The largest absolute Gasteiger partial charge is 0.490 e. The molecule has 1 aliphatic heterocycles. The van der Waals surface area contributed by atoms with E-state index in [9.17, 15) is 4.79 Å². The molecule has 0 unspecified atom stereocenters. The first kappa shape index (κ1) is 12.5. The smallest absolute Gasteiger partial charge is 0.211 e. The van der Waals surface area contributed by atoms with Crippen molar-refractivity contribution in [2.45, 2.75) is 6.42 Å². The summed E-state index contributed by atoms with van der Waals surface area (Å²) in [7, 11) is 0. The van der Waals surface area contributed by atoms with Crippen molar-refractivity contribution in [1.82, 2.24) is 4.98 Å². The van der Waals surface area contributed by atoms with E-state index in [0.717, 1.165) is 6.42 Å². The van der Waals surface area contributed by atoms with Crippen molar-refractivity contribution >= 4 is 11.5 Å². The van der Waals surface area contributed by atoms with Crippen LogP contribution in [0.5, 0.6) is 11.5 Å². The predicted molar refractivity (Wildman–Crippen MR) is 74.1 cm³/mol. The van der Waals surface area contributed by atoms with Crippen LogP contribution in [-0.4, -0.2) is 24.0 Å². The molecule has 20 heavy (non-hydrogen) atoms. The van der Waals surface area contributed by atoms with Crippen LogP contribution < -0.4 is 15.2 Å². The Morgan fingerprint density at radius 3 is 2.65 bits per heavy atom. The van der Waals surface area contributed by atoms with Gasteiger partial charge in [0.05, 0.1) is 25.1 Å². The summed E-state index contributed by atoms with van der Waals surface area (Å²) in [6.07, 6.45) is 2.30. The van der Waals surface area contributed by atoms with Gasteiger partial charge in [-0.15, -0.1) is 0 Å². The highest BCUT2D eigenvalue weighted by atomic mass is 16.5. The van der Waals surface area contributed by atoms with Crippen molar-refractivity contribution in [2.24, 2.45) is 0 Å². The van der Waals surface area contributed by atoms with Crippen molar-refractivity contribution in [3.8, 4) is 11.5 Å². The van der Waals surface area contributed by atoms with Gasteiger partial charge in [0.2, 0.25) is 5.78 Å². The lowest BCUT2D eigenvalue weighted by molar-refractivity contribution is 0.103. The molecule has 0 bridgehead atoms. The van der Waals surface area contributed by atoms with Crippen LogP contribution in [0.15, 0.2) is 36.5 Å². The Balaban J connectivity index is 1.92. The fourth-order valence-electron chi connectivity index (χ4n) is 1.99. The predicted octanol–water partition coefficient (Wildman–Crippen LogP) is 2.06. The minimum Gasteiger partial charge on any atom is -0.490 e. The van der Waals surface area contributed by atoms with Crippen molar-refractivity contribution < 1.29 is 14.3 Å². The summed E-state index contributed by atoms with van der Waals surface area (Å²) in [5.74, 6) is 1.11. The van der Waals surface area contributed by atoms with Crippen LogP contribution in [0, 0.1) is 0 Å². The Morgan fingerprint density at radius 1 is 1.10 bits per heavy atom. The Hall–Kier alpha value is -2.56. The first-order chi connectivity index (χ1) is 9.74. The summed E-state index contributed by atoms with van der Waals surface area (Å²) in [4.78, 5) is 16.4. The molecule has 0 fully saturated rings. The lowest BCUT2D eigenvalue weighted by Gasteiger charge is -2.08. The number of pyridine rings is 1. The molecule has 0 spiro atoms. The van der Waals surface area contributed by atoms with Crippen molar-refractivity contribution in [3.63, 3.8) is 0 Å². The fraction of sp³-hybridized carbons (Fsp3) is 0.200. The average Bonchev–Trinajstić information content (AvgIpc) is 2.71. The van der Waals surface area contributed by atoms with Gasteiger partial charge in [0, 0.05) is 12.0 Å². The molecule has 0 aliphatic carbocycles. The number of nitrogen functional groups attached to an aromatic ring is 1. The number of rotatable bonds is 2. The number of ketones is 1. The molecule has 1 aromatic heterocycles. The topological polar surface area (TPSA) is 74.4 Å². The molecule has 5 nitrogen and oxygen atoms in total. The number of carbonyl (C=O) groups is 1. The van der Waals surface area contributed by atoms with Crippen LogP contribution in [-0.2, 0) is 0 Å². The molecule has 0 amide bonds. The van der Waals surface area contributed by atoms with E-state index >= 15 is 0 Å². The number of benzene rings is 1. The summed E-state index contributed by atoms with van der Waals surface area (Å²) in [5, 5.41) is 0. The number of fused-ring (bicyclic) bond motifs is 1. The summed E-state index contributed by atoms with van der Waals surface area (Å²) < 4.78 is 11.1. The number of nitrogens with two attached hydrogens (primary N) is 1. The standard InChI is InChI=1S/C15H14N2O3/c16-11-3-4-12(17-9-11)15(18)10-2-5-13-14(8-10)20-7-1-6-19-13/h2-5,8-9H,1,6-7,16H2. The number of hydrogen-bond donors (Lipinski definition) is 1. The van der Waals surface area contributed by atoms with Gasteiger partial charge in [-0.2, -0.15) is 0 Å². The molecule has 1 aliphatic rings. The minimum absolute atomic E-state index is 0.166. The molecule has 0 radical (unpaired) electrons. The average molecular weight is 270 g/mol. The molecule has 1 aromatic carbocycles. The van der Waals surface area contributed by atoms with E-state index in [4.69, 9.17) is 15.2 Å². The second-order valence-corrected chi connectivity index (χ2v) is 4.52. The Kier molecular flexibility index (Phi) is 3.25. The molecule has 0 saturated carbocycles. The molecule has 5 heteroatoms. The first-order valence-corrected chi connectivity index (χ1v) is 6.40. The Labute approximate surface area is 116 Å². The van der Waals surface area contributed by atoms with Gasteiger partial charge in [-0.05, 0) is 30.3 Å². The Morgan fingerprint density at radius 2 is 1.90 bits per heavy atom. The maximum Gasteiger partial charge on any atom is 0.211 e. The van der Waals surface area contributed by atoms with Gasteiger partial charge in [-0.25, -0.2) is 0 Å². The molecule has 0 atom stereocenters. The molecule has 2 N–H and O–H groups in total. The number of ether oxygens (including phenoxy) is 2. The van der Waals surface area contributed by atoms with E-state index in [-0.39, 0.29) is 5.78 Å². The van der Waals surface area contributed by atoms with Gasteiger partial charge in [-0.1, -0.05) is 0 Å². The molecule has 2 aromatic rings. The maximum atomic E-state index is 12.3.